The van der Waals surface area contributed by atoms with Crippen LogP contribution in [-0.4, -0.2) is 28.9 Å². The summed E-state index contributed by atoms with van der Waals surface area (Å²) in [6, 6.07) is 16.1. The Balaban J connectivity index is 1.63. The highest BCUT2D eigenvalue weighted by Crippen LogP contribution is 2.47. The fourth-order valence-corrected chi connectivity index (χ4v) is 4.48. The molecule has 2 heterocycles. The van der Waals surface area contributed by atoms with Crippen LogP contribution in [0.25, 0.3) is 21.7 Å². The number of aromatic nitrogens is 2. The Morgan fingerprint density at radius 2 is 1.61 bits per heavy atom. The summed E-state index contributed by atoms with van der Waals surface area (Å²) in [5.41, 5.74) is 3.48. The smallest absolute Gasteiger partial charge is 0.203 e. The molecule has 0 fully saturated rings. The lowest BCUT2D eigenvalue weighted by atomic mass is 10.0. The van der Waals surface area contributed by atoms with Crippen molar-refractivity contribution in [2.75, 3.05) is 14.2 Å². The normalized spacial score (nSPS) is 11.2. The minimum absolute atomic E-state index is 0.106. The van der Waals surface area contributed by atoms with E-state index in [4.69, 9.17) is 19.2 Å². The van der Waals surface area contributed by atoms with E-state index in [2.05, 4.69) is 0 Å². The first-order chi connectivity index (χ1) is 17.5. The summed E-state index contributed by atoms with van der Waals surface area (Å²) in [5, 5.41) is 13.1. The van der Waals surface area contributed by atoms with E-state index in [0.717, 1.165) is 33.2 Å². The van der Waals surface area contributed by atoms with Gasteiger partial charge in [-0.1, -0.05) is 24.3 Å². The van der Waals surface area contributed by atoms with Crippen molar-refractivity contribution in [1.82, 2.24) is 9.55 Å². The number of hydrogen-bond acceptors (Lipinski definition) is 5. The molecule has 184 valence electrons. The van der Waals surface area contributed by atoms with Gasteiger partial charge in [0.1, 0.15) is 29.4 Å². The van der Waals surface area contributed by atoms with Crippen molar-refractivity contribution in [1.29, 1.82) is 0 Å². The van der Waals surface area contributed by atoms with Crippen LogP contribution in [-0.2, 0) is 19.6 Å². The molecule has 0 aliphatic carbocycles. The van der Waals surface area contributed by atoms with Gasteiger partial charge in [-0.05, 0) is 60.4 Å². The lowest BCUT2D eigenvalue weighted by Gasteiger charge is -2.15. The third kappa shape index (κ3) is 4.28. The van der Waals surface area contributed by atoms with Crippen molar-refractivity contribution in [3.63, 3.8) is 0 Å². The monoisotopic (exact) mass is 486 g/mol. The van der Waals surface area contributed by atoms with Crippen LogP contribution in [0, 0.1) is 5.82 Å². The third-order valence-corrected chi connectivity index (χ3v) is 6.33. The number of benzene rings is 3. The zero-order valence-electron chi connectivity index (χ0n) is 20.4. The maximum Gasteiger partial charge on any atom is 0.203 e. The highest BCUT2D eigenvalue weighted by atomic mass is 19.1. The van der Waals surface area contributed by atoms with Gasteiger partial charge in [-0.15, -0.1) is 0 Å². The highest BCUT2D eigenvalue weighted by molar-refractivity contribution is 6.12. The van der Waals surface area contributed by atoms with E-state index >= 15 is 0 Å². The lowest BCUT2D eigenvalue weighted by molar-refractivity contribution is 0.311. The van der Waals surface area contributed by atoms with Gasteiger partial charge in [0.05, 0.1) is 19.6 Å². The number of aromatic hydroxyl groups is 1. The Hall–Kier alpha value is -4.26. The minimum atomic E-state index is -0.265. The van der Waals surface area contributed by atoms with Crippen molar-refractivity contribution in [3.8, 4) is 23.1 Å². The number of hydrogen-bond donors (Lipinski definition) is 1. The Kier molecular flexibility index (Phi) is 6.38. The molecule has 0 radical (unpaired) electrons. The van der Waals surface area contributed by atoms with Crippen molar-refractivity contribution < 1.29 is 23.7 Å². The van der Waals surface area contributed by atoms with E-state index in [0.29, 0.717) is 35.4 Å². The Morgan fingerprint density at radius 3 is 2.28 bits per heavy atom. The molecule has 36 heavy (non-hydrogen) atoms. The summed E-state index contributed by atoms with van der Waals surface area (Å²) in [7, 11) is 3.24. The zero-order valence-corrected chi connectivity index (χ0v) is 20.4. The molecule has 5 rings (SSSR count). The Labute approximate surface area is 208 Å². The molecule has 0 spiro atoms. The predicted molar refractivity (Wildman–Crippen MR) is 138 cm³/mol. The van der Waals surface area contributed by atoms with Crippen LogP contribution in [0.3, 0.4) is 0 Å². The summed E-state index contributed by atoms with van der Waals surface area (Å²) >= 11 is 0. The molecule has 0 bridgehead atoms. The second kappa shape index (κ2) is 9.77. The summed E-state index contributed by atoms with van der Waals surface area (Å²) < 4.78 is 32.5. The maximum absolute atomic E-state index is 13.4. The first-order valence-corrected chi connectivity index (χ1v) is 11.7. The number of methoxy groups -OCH3 is 2. The first-order valence-electron chi connectivity index (χ1n) is 11.7. The number of aryl methyl sites for hydroxylation is 1. The van der Waals surface area contributed by atoms with Crippen LogP contribution in [0.4, 0.5) is 4.39 Å². The molecule has 6 nitrogen and oxygen atoms in total. The van der Waals surface area contributed by atoms with Gasteiger partial charge < -0.3 is 23.9 Å². The van der Waals surface area contributed by atoms with Gasteiger partial charge in [0.2, 0.25) is 5.88 Å². The van der Waals surface area contributed by atoms with Gasteiger partial charge in [0.15, 0.2) is 5.75 Å². The van der Waals surface area contributed by atoms with Gasteiger partial charge in [-0.3, -0.25) is 4.98 Å². The summed E-state index contributed by atoms with van der Waals surface area (Å²) in [6.45, 7) is 2.83. The van der Waals surface area contributed by atoms with Crippen LogP contribution < -0.4 is 14.2 Å². The second-order valence-corrected chi connectivity index (χ2v) is 8.57. The van der Waals surface area contributed by atoms with Gasteiger partial charge in [-0.2, -0.15) is 0 Å². The van der Waals surface area contributed by atoms with E-state index < -0.39 is 0 Å². The number of ether oxygens (including phenoxy) is 3. The SMILES string of the molecule is CCn1cc2c(OC)c3cc(Cc4ccc(F)cc4)cnc3c(OCc3ccc(OC)cc3)c2c1O. The maximum atomic E-state index is 13.4. The van der Waals surface area contributed by atoms with Crippen LogP contribution in [0.15, 0.2) is 67.0 Å². The van der Waals surface area contributed by atoms with Gasteiger partial charge in [0, 0.05) is 29.7 Å². The minimum Gasteiger partial charge on any atom is -0.497 e. The zero-order chi connectivity index (χ0) is 25.2. The quantitative estimate of drug-likeness (QED) is 0.281. The fraction of sp³-hybridized carbons (Fsp3) is 0.207. The standard InChI is InChI=1S/C29H27FN2O4/c1-4-32-16-24-25(29(32)33)28(36-17-19-7-11-22(34-2)12-8-19)26-23(27(24)35-3)14-20(15-31-26)13-18-5-9-21(30)10-6-18/h5-12,14-16,33H,4,13,17H2,1-3H3. The van der Waals surface area contributed by atoms with Crippen molar-refractivity contribution in [2.24, 2.45) is 0 Å². The van der Waals surface area contributed by atoms with Gasteiger partial charge in [0.25, 0.3) is 0 Å². The molecule has 3 aromatic carbocycles. The van der Waals surface area contributed by atoms with Crippen molar-refractivity contribution in [3.05, 3.63) is 89.5 Å². The summed E-state index contributed by atoms with van der Waals surface area (Å²) in [5.74, 6) is 1.72. The molecule has 0 unspecified atom stereocenters. The number of pyridine rings is 1. The summed E-state index contributed by atoms with van der Waals surface area (Å²) in [4.78, 5) is 4.75. The van der Waals surface area contributed by atoms with E-state index in [1.54, 1.807) is 37.1 Å². The van der Waals surface area contributed by atoms with Crippen LogP contribution in [0.5, 0.6) is 23.1 Å². The predicted octanol–water partition coefficient (Wildman–Crippen LogP) is 6.24. The van der Waals surface area contributed by atoms with Crippen LogP contribution in [0.2, 0.25) is 0 Å². The number of rotatable bonds is 8. The van der Waals surface area contributed by atoms with E-state index in [1.165, 1.54) is 12.1 Å². The topological polar surface area (TPSA) is 65.7 Å². The molecule has 0 amide bonds. The molecule has 0 aliphatic heterocycles. The van der Waals surface area contributed by atoms with Crippen LogP contribution >= 0.6 is 0 Å². The molecule has 0 saturated heterocycles. The van der Waals surface area contributed by atoms with Crippen LogP contribution in [0.1, 0.15) is 23.6 Å². The molecule has 2 aromatic heterocycles. The molecule has 0 aliphatic rings. The highest BCUT2D eigenvalue weighted by Gasteiger charge is 2.23. The van der Waals surface area contributed by atoms with E-state index in [-0.39, 0.29) is 18.3 Å². The first kappa shape index (κ1) is 23.5. The molecule has 0 saturated carbocycles. The molecular weight excluding hydrogens is 459 g/mol. The molecule has 1 N–H and O–H groups in total. The second-order valence-electron chi connectivity index (χ2n) is 8.57. The Bertz CT molecular complexity index is 1530. The largest absolute Gasteiger partial charge is 0.497 e. The molecule has 5 aromatic rings. The van der Waals surface area contributed by atoms with Gasteiger partial charge in [-0.25, -0.2) is 4.39 Å². The fourth-order valence-electron chi connectivity index (χ4n) is 4.48. The van der Waals surface area contributed by atoms with Crippen molar-refractivity contribution >= 4 is 21.7 Å². The molecule has 7 heteroatoms. The summed E-state index contributed by atoms with van der Waals surface area (Å²) in [6.07, 6.45) is 4.24. The Morgan fingerprint density at radius 1 is 0.889 bits per heavy atom. The number of nitrogens with zero attached hydrogens (tertiary/aromatic N) is 2. The van der Waals surface area contributed by atoms with Gasteiger partial charge >= 0.3 is 0 Å². The van der Waals surface area contributed by atoms with Crippen molar-refractivity contribution in [2.45, 2.75) is 26.5 Å². The van der Waals surface area contributed by atoms with E-state index in [1.807, 2.05) is 43.5 Å². The number of fused-ring (bicyclic) bond motifs is 2. The average Bonchev–Trinajstić information content (AvgIpc) is 3.24. The van der Waals surface area contributed by atoms with E-state index in [9.17, 15) is 9.50 Å². The average molecular weight is 487 g/mol. The molecule has 0 atom stereocenters. The lowest BCUT2D eigenvalue weighted by Crippen LogP contribution is -2.00. The third-order valence-electron chi connectivity index (χ3n) is 6.33. The number of halogens is 1. The molecular formula is C29H27FN2O4.